The summed E-state index contributed by atoms with van der Waals surface area (Å²) in [4.78, 5) is 17.5. The van der Waals surface area contributed by atoms with Crippen molar-refractivity contribution in [1.82, 2.24) is 15.1 Å². The summed E-state index contributed by atoms with van der Waals surface area (Å²) in [6.07, 6.45) is 2.21. The molecule has 1 aromatic rings. The Balaban J connectivity index is 0.00000113. The maximum absolute atomic E-state index is 12.9. The van der Waals surface area contributed by atoms with E-state index in [4.69, 9.17) is 0 Å². The number of carbonyl (C=O) groups excluding carboxylic acids is 1. The minimum absolute atomic E-state index is 0. The lowest BCUT2D eigenvalue weighted by Gasteiger charge is -2.34. The van der Waals surface area contributed by atoms with Gasteiger partial charge in [-0.2, -0.15) is 0 Å². The highest BCUT2D eigenvalue weighted by Crippen LogP contribution is 2.29. The molecule has 0 bridgehead atoms. The van der Waals surface area contributed by atoms with Crippen LogP contribution < -0.4 is 5.32 Å². The third-order valence-electron chi connectivity index (χ3n) is 5.80. The average molecular weight is 386 g/mol. The lowest BCUT2D eigenvalue weighted by Crippen LogP contribution is -2.44. The van der Waals surface area contributed by atoms with Crippen LogP contribution in [0.1, 0.15) is 18.4 Å². The molecule has 1 N–H and O–H groups in total. The molecule has 3 aliphatic heterocycles. The van der Waals surface area contributed by atoms with Crippen LogP contribution in [0.5, 0.6) is 0 Å². The van der Waals surface area contributed by atoms with Crippen LogP contribution in [-0.2, 0) is 11.3 Å². The number of halogens is 2. The molecule has 3 atom stereocenters. The highest BCUT2D eigenvalue weighted by molar-refractivity contribution is 5.85. The quantitative estimate of drug-likeness (QED) is 0.867. The summed E-state index contributed by atoms with van der Waals surface area (Å²) in [7, 11) is 0. The van der Waals surface area contributed by atoms with Gasteiger partial charge in [0.05, 0.1) is 5.92 Å². The Morgan fingerprint density at radius 2 is 1.72 bits per heavy atom. The molecule has 0 saturated carbocycles. The van der Waals surface area contributed by atoms with Crippen LogP contribution in [0.2, 0.25) is 0 Å². The minimum Gasteiger partial charge on any atom is -0.342 e. The van der Waals surface area contributed by atoms with Gasteiger partial charge in [0.25, 0.3) is 0 Å². The molecule has 140 valence electrons. The Kier molecular flexibility index (Phi) is 7.56. The van der Waals surface area contributed by atoms with Gasteiger partial charge in [-0.3, -0.25) is 9.69 Å². The van der Waals surface area contributed by atoms with E-state index >= 15 is 0 Å². The molecule has 3 aliphatic rings. The highest BCUT2D eigenvalue weighted by atomic mass is 35.5. The van der Waals surface area contributed by atoms with Gasteiger partial charge in [0.2, 0.25) is 5.91 Å². The maximum Gasteiger partial charge on any atom is 0.226 e. The zero-order chi connectivity index (χ0) is 15.6. The smallest absolute Gasteiger partial charge is 0.226 e. The molecular formula is C19H29Cl2N3O. The number of nitrogens with zero attached hydrogens (tertiary/aromatic N) is 2. The number of carbonyl (C=O) groups is 1. The molecule has 0 radical (unpaired) electrons. The second-order valence-electron chi connectivity index (χ2n) is 7.48. The van der Waals surface area contributed by atoms with Crippen molar-refractivity contribution in [3.05, 3.63) is 35.9 Å². The molecule has 4 nitrogen and oxygen atoms in total. The summed E-state index contributed by atoms with van der Waals surface area (Å²) >= 11 is 0. The summed E-state index contributed by atoms with van der Waals surface area (Å²) < 4.78 is 0. The highest BCUT2D eigenvalue weighted by Gasteiger charge is 2.40. The van der Waals surface area contributed by atoms with E-state index in [1.165, 1.54) is 5.56 Å². The van der Waals surface area contributed by atoms with Crippen molar-refractivity contribution < 1.29 is 4.79 Å². The van der Waals surface area contributed by atoms with Crippen molar-refractivity contribution in [3.63, 3.8) is 0 Å². The van der Waals surface area contributed by atoms with Crippen LogP contribution in [0.25, 0.3) is 0 Å². The maximum atomic E-state index is 12.9. The van der Waals surface area contributed by atoms with Crippen molar-refractivity contribution in [1.29, 1.82) is 0 Å². The number of piperidine rings is 1. The normalized spacial score (nSPS) is 28.8. The number of amides is 1. The molecule has 1 amide bonds. The number of fused-ring (bicyclic) bond motifs is 1. The molecule has 0 aromatic heterocycles. The Hall–Kier alpha value is -0.810. The zero-order valence-electron chi connectivity index (χ0n) is 14.6. The van der Waals surface area contributed by atoms with E-state index in [1.54, 1.807) is 0 Å². The van der Waals surface area contributed by atoms with Crippen LogP contribution in [0.15, 0.2) is 30.3 Å². The number of rotatable bonds is 3. The van der Waals surface area contributed by atoms with Crippen LogP contribution >= 0.6 is 24.8 Å². The Morgan fingerprint density at radius 3 is 2.40 bits per heavy atom. The molecule has 1 aromatic carbocycles. The molecular weight excluding hydrogens is 357 g/mol. The fourth-order valence-electron chi connectivity index (χ4n) is 4.54. The van der Waals surface area contributed by atoms with Gasteiger partial charge in [0.15, 0.2) is 0 Å². The first-order chi connectivity index (χ1) is 11.3. The van der Waals surface area contributed by atoms with E-state index in [0.29, 0.717) is 17.7 Å². The standard InChI is InChI=1S/C19H27N3O.2ClH/c23-19(22-13-17-9-20-10-18(17)14-22)16-7-4-8-21(12-16)11-15-5-2-1-3-6-15;;/h1-3,5-6,16-18,20H,4,7-14H2;2*1H/t16?,17-,18+;;. The number of benzene rings is 1. The van der Waals surface area contributed by atoms with E-state index < -0.39 is 0 Å². The van der Waals surface area contributed by atoms with E-state index in [1.807, 2.05) is 0 Å². The molecule has 0 spiro atoms. The lowest BCUT2D eigenvalue weighted by atomic mass is 9.96. The SMILES string of the molecule is Cl.Cl.O=C(C1CCCN(Cc2ccccc2)C1)N1C[C@H]2CNC[C@H]2C1. The predicted octanol–water partition coefficient (Wildman–Crippen LogP) is 2.42. The Bertz CT molecular complexity index is 545. The molecule has 3 heterocycles. The van der Waals surface area contributed by atoms with E-state index in [2.05, 4.69) is 45.4 Å². The van der Waals surface area contributed by atoms with Crippen molar-refractivity contribution >= 4 is 30.7 Å². The van der Waals surface area contributed by atoms with Gasteiger partial charge in [-0.25, -0.2) is 0 Å². The van der Waals surface area contributed by atoms with Crippen LogP contribution in [0.4, 0.5) is 0 Å². The van der Waals surface area contributed by atoms with Crippen molar-refractivity contribution in [2.75, 3.05) is 39.3 Å². The zero-order valence-corrected chi connectivity index (χ0v) is 16.2. The summed E-state index contributed by atoms with van der Waals surface area (Å²) in [5.41, 5.74) is 1.35. The molecule has 3 fully saturated rings. The number of hydrogen-bond acceptors (Lipinski definition) is 3. The van der Waals surface area contributed by atoms with Crippen LogP contribution in [-0.4, -0.2) is 55.0 Å². The summed E-state index contributed by atoms with van der Waals surface area (Å²) in [6, 6.07) is 10.6. The molecule has 3 saturated heterocycles. The first-order valence-electron chi connectivity index (χ1n) is 9.05. The van der Waals surface area contributed by atoms with Crippen molar-refractivity contribution in [3.8, 4) is 0 Å². The Morgan fingerprint density at radius 1 is 1.04 bits per heavy atom. The second kappa shape index (κ2) is 9.22. The van der Waals surface area contributed by atoms with E-state index in [0.717, 1.165) is 58.7 Å². The van der Waals surface area contributed by atoms with Gasteiger partial charge in [-0.1, -0.05) is 30.3 Å². The fraction of sp³-hybridized carbons (Fsp3) is 0.632. The lowest BCUT2D eigenvalue weighted by molar-refractivity contribution is -0.136. The first-order valence-corrected chi connectivity index (χ1v) is 9.05. The van der Waals surface area contributed by atoms with Gasteiger partial charge >= 0.3 is 0 Å². The summed E-state index contributed by atoms with van der Waals surface area (Å²) in [6.45, 7) is 7.17. The largest absolute Gasteiger partial charge is 0.342 e. The minimum atomic E-state index is 0. The molecule has 6 heteroatoms. The second-order valence-corrected chi connectivity index (χ2v) is 7.48. The first kappa shape index (κ1) is 20.5. The Labute approximate surface area is 163 Å². The van der Waals surface area contributed by atoms with E-state index in [9.17, 15) is 4.79 Å². The molecule has 1 unspecified atom stereocenters. The summed E-state index contributed by atoms with van der Waals surface area (Å²) in [5.74, 6) is 2.02. The van der Waals surface area contributed by atoms with Gasteiger partial charge in [-0.15, -0.1) is 24.8 Å². The van der Waals surface area contributed by atoms with Gasteiger partial charge in [0.1, 0.15) is 0 Å². The molecule has 4 rings (SSSR count). The molecule has 0 aliphatic carbocycles. The number of nitrogens with one attached hydrogen (secondary N) is 1. The average Bonchev–Trinajstić information content (AvgIpc) is 3.17. The van der Waals surface area contributed by atoms with Crippen LogP contribution in [0.3, 0.4) is 0 Å². The fourth-order valence-corrected chi connectivity index (χ4v) is 4.54. The van der Waals surface area contributed by atoms with Gasteiger partial charge in [-0.05, 0) is 36.8 Å². The number of hydrogen-bond donors (Lipinski definition) is 1. The topological polar surface area (TPSA) is 35.6 Å². The summed E-state index contributed by atoms with van der Waals surface area (Å²) in [5, 5.41) is 3.45. The third-order valence-corrected chi connectivity index (χ3v) is 5.80. The number of likely N-dealkylation sites (tertiary alicyclic amines) is 2. The third kappa shape index (κ3) is 4.68. The van der Waals surface area contributed by atoms with Crippen molar-refractivity contribution in [2.45, 2.75) is 19.4 Å². The van der Waals surface area contributed by atoms with Gasteiger partial charge < -0.3 is 10.2 Å². The molecule has 25 heavy (non-hydrogen) atoms. The van der Waals surface area contributed by atoms with Gasteiger partial charge in [0, 0.05) is 39.3 Å². The van der Waals surface area contributed by atoms with E-state index in [-0.39, 0.29) is 30.7 Å². The monoisotopic (exact) mass is 385 g/mol. The predicted molar refractivity (Wildman–Crippen MR) is 105 cm³/mol. The van der Waals surface area contributed by atoms with Crippen LogP contribution in [0, 0.1) is 17.8 Å². The van der Waals surface area contributed by atoms with Crippen molar-refractivity contribution in [2.24, 2.45) is 17.8 Å².